The smallest absolute Gasteiger partial charge is 0.410 e. The van der Waals surface area contributed by atoms with Crippen LogP contribution in [0.5, 0.6) is 5.75 Å². The molecule has 3 heterocycles. The zero-order chi connectivity index (χ0) is 23.3. The third-order valence-corrected chi connectivity index (χ3v) is 6.52. The van der Waals surface area contributed by atoms with Crippen molar-refractivity contribution in [2.75, 3.05) is 20.2 Å². The molecule has 1 saturated heterocycles. The molecule has 1 aliphatic carbocycles. The minimum atomic E-state index is -0.643. The highest BCUT2D eigenvalue weighted by molar-refractivity contribution is 5.80. The molecule has 0 bridgehead atoms. The highest BCUT2D eigenvalue weighted by Gasteiger charge is 2.46. The molecule has 32 heavy (non-hydrogen) atoms. The first-order valence-electron chi connectivity index (χ1n) is 11.3. The van der Waals surface area contributed by atoms with E-state index in [-0.39, 0.29) is 17.9 Å². The number of amides is 2. The molecule has 0 unspecified atom stereocenters. The molecular weight excluding hydrogens is 408 g/mol. The van der Waals surface area contributed by atoms with E-state index in [1.807, 2.05) is 57.3 Å². The molecule has 174 valence electrons. The Morgan fingerprint density at radius 1 is 1.12 bits per heavy atom. The Labute approximate surface area is 189 Å². The van der Waals surface area contributed by atoms with Crippen molar-refractivity contribution < 1.29 is 19.1 Å². The van der Waals surface area contributed by atoms with E-state index in [0.717, 1.165) is 29.9 Å². The number of fused-ring (bicyclic) bond motifs is 2. The van der Waals surface area contributed by atoms with E-state index in [1.165, 1.54) is 0 Å². The molecule has 8 nitrogen and oxygen atoms in total. The maximum absolute atomic E-state index is 13.2. The summed E-state index contributed by atoms with van der Waals surface area (Å²) >= 11 is 0. The number of imidazole rings is 1. The number of nitrogens with zero attached hydrogens (tertiary/aromatic N) is 3. The lowest BCUT2D eigenvalue weighted by Gasteiger charge is -2.28. The number of hydrogen-bond donors (Lipinski definition) is 1. The molecule has 2 aromatic heterocycles. The van der Waals surface area contributed by atoms with Gasteiger partial charge in [0.25, 0.3) is 0 Å². The van der Waals surface area contributed by atoms with Gasteiger partial charge in [0.1, 0.15) is 22.7 Å². The standard InChI is InChI=1S/C24H34N4O4/c1-23(2,3)32-22(30)27-13-16-10-15(11-17(16)14-27)20(29)26-24(4,5)21-25-12-18-19(31-6)8-7-9-28(18)21/h7-9,12,15-17H,10-11,13-14H2,1-6H3,(H,26,29)/t15-,16+,17-. The largest absolute Gasteiger partial charge is 0.494 e. The average Bonchev–Trinajstić information content (AvgIpc) is 3.38. The highest BCUT2D eigenvalue weighted by Crippen LogP contribution is 2.42. The maximum Gasteiger partial charge on any atom is 0.410 e. The number of likely N-dealkylation sites (tertiary alicyclic amines) is 1. The Morgan fingerprint density at radius 3 is 2.38 bits per heavy atom. The summed E-state index contributed by atoms with van der Waals surface area (Å²) in [7, 11) is 1.63. The van der Waals surface area contributed by atoms with Gasteiger partial charge in [0.15, 0.2) is 0 Å². The van der Waals surface area contributed by atoms with Crippen molar-refractivity contribution in [1.82, 2.24) is 19.6 Å². The molecule has 8 heteroatoms. The van der Waals surface area contributed by atoms with Gasteiger partial charge in [-0.2, -0.15) is 0 Å². The van der Waals surface area contributed by atoms with E-state index in [9.17, 15) is 9.59 Å². The Kier molecular flexibility index (Phi) is 5.59. The van der Waals surface area contributed by atoms with E-state index in [4.69, 9.17) is 9.47 Å². The van der Waals surface area contributed by atoms with Gasteiger partial charge < -0.3 is 19.7 Å². The van der Waals surface area contributed by atoms with E-state index < -0.39 is 11.1 Å². The SMILES string of the molecule is COc1cccn2c(C(C)(C)NC(=O)[C@H]3C[C@@H]4CN(C(=O)OC(C)(C)C)C[C@@H]4C3)ncc12. The number of hydrogen-bond acceptors (Lipinski definition) is 5. The summed E-state index contributed by atoms with van der Waals surface area (Å²) in [5.74, 6) is 2.19. The lowest BCUT2D eigenvalue weighted by atomic mass is 9.99. The van der Waals surface area contributed by atoms with Gasteiger partial charge in [-0.1, -0.05) is 0 Å². The fourth-order valence-electron chi connectivity index (χ4n) is 5.09. The number of carbonyl (C=O) groups excluding carboxylic acids is 2. The van der Waals surface area contributed by atoms with Crippen molar-refractivity contribution in [1.29, 1.82) is 0 Å². The van der Waals surface area contributed by atoms with Crippen LogP contribution in [0.2, 0.25) is 0 Å². The maximum atomic E-state index is 13.2. The van der Waals surface area contributed by atoms with Crippen molar-refractivity contribution in [3.05, 3.63) is 30.4 Å². The van der Waals surface area contributed by atoms with E-state index in [0.29, 0.717) is 24.9 Å². The fourth-order valence-corrected chi connectivity index (χ4v) is 5.09. The third-order valence-electron chi connectivity index (χ3n) is 6.52. The van der Waals surface area contributed by atoms with Crippen molar-refractivity contribution in [3.63, 3.8) is 0 Å². The van der Waals surface area contributed by atoms with Gasteiger partial charge in [-0.25, -0.2) is 9.78 Å². The van der Waals surface area contributed by atoms with Gasteiger partial charge in [0.05, 0.1) is 18.8 Å². The Hall–Kier alpha value is -2.77. The topological polar surface area (TPSA) is 85.2 Å². The lowest BCUT2D eigenvalue weighted by Crippen LogP contribution is -2.45. The molecule has 4 rings (SSSR count). The van der Waals surface area contributed by atoms with Gasteiger partial charge in [-0.3, -0.25) is 9.20 Å². The molecule has 1 saturated carbocycles. The van der Waals surface area contributed by atoms with Crippen LogP contribution in [0, 0.1) is 17.8 Å². The first-order valence-corrected chi connectivity index (χ1v) is 11.3. The summed E-state index contributed by atoms with van der Waals surface area (Å²) in [6.45, 7) is 10.9. The number of nitrogens with one attached hydrogen (secondary N) is 1. The third kappa shape index (κ3) is 4.27. The fraction of sp³-hybridized carbons (Fsp3) is 0.625. The molecular formula is C24H34N4O4. The molecule has 0 aromatic carbocycles. The number of aromatic nitrogens is 2. The van der Waals surface area contributed by atoms with Crippen LogP contribution in [0.3, 0.4) is 0 Å². The van der Waals surface area contributed by atoms with Crippen LogP contribution in [-0.4, -0.2) is 52.1 Å². The normalized spacial score (nSPS) is 23.3. The van der Waals surface area contributed by atoms with Gasteiger partial charge in [0, 0.05) is 25.2 Å². The van der Waals surface area contributed by atoms with Gasteiger partial charge in [0.2, 0.25) is 5.91 Å². The molecule has 0 radical (unpaired) electrons. The van der Waals surface area contributed by atoms with Gasteiger partial charge in [-0.05, 0) is 71.4 Å². The lowest BCUT2D eigenvalue weighted by molar-refractivity contribution is -0.126. The van der Waals surface area contributed by atoms with Crippen molar-refractivity contribution in [2.45, 2.75) is 58.6 Å². The van der Waals surface area contributed by atoms with Crippen molar-refractivity contribution >= 4 is 17.5 Å². The second-order valence-corrected chi connectivity index (χ2v) is 10.6. The number of methoxy groups -OCH3 is 1. The van der Waals surface area contributed by atoms with Crippen LogP contribution in [0.1, 0.15) is 53.3 Å². The first kappa shape index (κ1) is 22.4. The molecule has 2 amide bonds. The Bertz CT molecular complexity index is 1010. The zero-order valence-corrected chi connectivity index (χ0v) is 19.8. The quantitative estimate of drug-likeness (QED) is 0.782. The number of pyridine rings is 1. The second kappa shape index (κ2) is 7.98. The van der Waals surface area contributed by atoms with Crippen molar-refractivity contribution in [3.8, 4) is 5.75 Å². The molecule has 3 atom stereocenters. The number of rotatable bonds is 4. The van der Waals surface area contributed by atoms with Crippen molar-refractivity contribution in [2.24, 2.45) is 17.8 Å². The van der Waals surface area contributed by atoms with Crippen LogP contribution in [0.25, 0.3) is 5.52 Å². The zero-order valence-electron chi connectivity index (χ0n) is 19.8. The summed E-state index contributed by atoms with van der Waals surface area (Å²) in [4.78, 5) is 31.9. The van der Waals surface area contributed by atoms with Crippen LogP contribution in [-0.2, 0) is 15.1 Å². The predicted molar refractivity (Wildman–Crippen MR) is 120 cm³/mol. The summed E-state index contributed by atoms with van der Waals surface area (Å²) < 4.78 is 12.9. The summed E-state index contributed by atoms with van der Waals surface area (Å²) in [6, 6.07) is 3.80. The molecule has 1 aliphatic heterocycles. The van der Waals surface area contributed by atoms with Crippen LogP contribution < -0.4 is 10.1 Å². The van der Waals surface area contributed by atoms with E-state index in [1.54, 1.807) is 18.2 Å². The summed E-state index contributed by atoms with van der Waals surface area (Å²) in [6.07, 6.45) is 5.03. The molecule has 2 aromatic rings. The second-order valence-electron chi connectivity index (χ2n) is 10.6. The minimum absolute atomic E-state index is 0.0489. The highest BCUT2D eigenvalue weighted by atomic mass is 16.6. The van der Waals surface area contributed by atoms with Gasteiger partial charge in [-0.15, -0.1) is 0 Å². The first-order chi connectivity index (χ1) is 15.0. The Morgan fingerprint density at radius 2 is 1.78 bits per heavy atom. The average molecular weight is 443 g/mol. The number of carbonyl (C=O) groups is 2. The minimum Gasteiger partial charge on any atom is -0.494 e. The van der Waals surface area contributed by atoms with Crippen LogP contribution >= 0.6 is 0 Å². The molecule has 1 N–H and O–H groups in total. The van der Waals surface area contributed by atoms with Gasteiger partial charge >= 0.3 is 6.09 Å². The summed E-state index contributed by atoms with van der Waals surface area (Å²) in [5.41, 5.74) is -0.273. The monoisotopic (exact) mass is 442 g/mol. The van der Waals surface area contributed by atoms with Crippen LogP contribution in [0.15, 0.2) is 24.5 Å². The molecule has 2 fully saturated rings. The Balaban J connectivity index is 1.39. The van der Waals surface area contributed by atoms with E-state index >= 15 is 0 Å². The molecule has 0 spiro atoms. The number of ether oxygens (including phenoxy) is 2. The van der Waals surface area contributed by atoms with Crippen LogP contribution in [0.4, 0.5) is 4.79 Å². The predicted octanol–water partition coefficient (Wildman–Crippen LogP) is 3.59. The van der Waals surface area contributed by atoms with E-state index in [2.05, 4.69) is 10.3 Å². The molecule has 2 aliphatic rings. The summed E-state index contributed by atoms with van der Waals surface area (Å²) in [5, 5.41) is 3.22.